The van der Waals surface area contributed by atoms with E-state index in [1.165, 1.54) is 16.2 Å². The third kappa shape index (κ3) is 3.33. The second-order valence-corrected chi connectivity index (χ2v) is 9.40. The van der Waals surface area contributed by atoms with Crippen LogP contribution in [-0.4, -0.2) is 43.1 Å². The van der Waals surface area contributed by atoms with E-state index in [0.29, 0.717) is 43.2 Å². The Morgan fingerprint density at radius 1 is 1.18 bits per heavy atom. The van der Waals surface area contributed by atoms with Crippen molar-refractivity contribution in [1.29, 1.82) is 0 Å². The quantitative estimate of drug-likeness (QED) is 0.512. The normalized spacial score (nSPS) is 28.2. The molecule has 33 heavy (non-hydrogen) atoms. The number of rotatable bonds is 6. The zero-order valence-electron chi connectivity index (χ0n) is 18.5. The van der Waals surface area contributed by atoms with Crippen LogP contribution >= 0.6 is 11.3 Å². The lowest BCUT2D eigenvalue weighted by molar-refractivity contribution is -0.155. The first-order valence-electron chi connectivity index (χ1n) is 11.3. The minimum absolute atomic E-state index is 0.195. The fraction of sp³-hybridized carbons (Fsp3) is 0.458. The smallest absolute Gasteiger partial charge is 0.327 e. The third-order valence-electron chi connectivity index (χ3n) is 6.57. The minimum Gasteiger partial charge on any atom is -0.486 e. The molecule has 4 heterocycles. The summed E-state index contributed by atoms with van der Waals surface area (Å²) in [7, 11) is 0. The molecular weight excluding hydrogens is 444 g/mol. The largest absolute Gasteiger partial charge is 0.486 e. The van der Waals surface area contributed by atoms with Gasteiger partial charge in [0.1, 0.15) is 18.8 Å². The predicted molar refractivity (Wildman–Crippen MR) is 121 cm³/mol. The van der Waals surface area contributed by atoms with Gasteiger partial charge in [0.15, 0.2) is 11.5 Å². The van der Waals surface area contributed by atoms with E-state index < -0.39 is 35.3 Å². The summed E-state index contributed by atoms with van der Waals surface area (Å²) < 4.78 is 16.7. The van der Waals surface area contributed by atoms with Crippen molar-refractivity contribution >= 4 is 34.8 Å². The van der Waals surface area contributed by atoms with Gasteiger partial charge in [0.25, 0.3) is 0 Å². The van der Waals surface area contributed by atoms with Crippen molar-refractivity contribution in [1.82, 2.24) is 5.32 Å². The van der Waals surface area contributed by atoms with Crippen LogP contribution in [-0.2, 0) is 19.1 Å². The van der Waals surface area contributed by atoms with Crippen molar-refractivity contribution in [3.8, 4) is 11.5 Å². The van der Waals surface area contributed by atoms with Gasteiger partial charge in [0, 0.05) is 10.9 Å². The molecule has 4 atom stereocenters. The molecule has 5 rings (SSSR count). The van der Waals surface area contributed by atoms with Gasteiger partial charge in [0.2, 0.25) is 11.8 Å². The van der Waals surface area contributed by atoms with E-state index >= 15 is 0 Å². The highest BCUT2D eigenvalue weighted by molar-refractivity contribution is 7.10. The maximum atomic E-state index is 13.9. The number of amides is 2. The number of nitrogens with zero attached hydrogens (tertiary/aromatic N) is 1. The van der Waals surface area contributed by atoms with E-state index in [1.54, 1.807) is 25.1 Å². The van der Waals surface area contributed by atoms with Gasteiger partial charge in [-0.2, -0.15) is 0 Å². The molecule has 174 valence electrons. The minimum atomic E-state index is -1.26. The Labute approximate surface area is 195 Å². The topological polar surface area (TPSA) is 94.2 Å². The van der Waals surface area contributed by atoms with Crippen molar-refractivity contribution in [2.45, 2.75) is 38.3 Å². The monoisotopic (exact) mass is 470 g/mol. The molecule has 1 aromatic heterocycles. The number of anilines is 1. The standard InChI is InChI=1S/C24H26N2O6S/c1-3-9-24(23(29)30-4-2)19-18(20(25-24)17-6-5-12-33-17)21(27)26(22(19)28)14-7-8-15-16(13-14)32-11-10-31-15/h5-8,12-13,18-20,25H,3-4,9-11H2,1-2H3/t18-,19-,20-,24-/m0/s1. The molecule has 1 aromatic carbocycles. The zero-order chi connectivity index (χ0) is 23.2. The molecule has 2 saturated heterocycles. The van der Waals surface area contributed by atoms with Gasteiger partial charge in [-0.25, -0.2) is 4.90 Å². The Kier molecular flexibility index (Phi) is 5.62. The molecule has 8 nitrogen and oxygen atoms in total. The maximum absolute atomic E-state index is 13.9. The van der Waals surface area contributed by atoms with Gasteiger partial charge < -0.3 is 14.2 Å². The first kappa shape index (κ1) is 21.9. The van der Waals surface area contributed by atoms with Gasteiger partial charge in [-0.05, 0) is 36.9 Å². The first-order chi connectivity index (χ1) is 16.0. The highest BCUT2D eigenvalue weighted by atomic mass is 32.1. The lowest BCUT2D eigenvalue weighted by Gasteiger charge is -2.32. The molecule has 3 aliphatic heterocycles. The second kappa shape index (κ2) is 8.46. The number of carbonyl (C=O) groups excluding carboxylic acids is 3. The average molecular weight is 471 g/mol. The highest BCUT2D eigenvalue weighted by Gasteiger charge is 2.68. The summed E-state index contributed by atoms with van der Waals surface area (Å²) in [6.07, 6.45) is 1.04. The number of hydrogen-bond donors (Lipinski definition) is 1. The molecule has 0 radical (unpaired) electrons. The van der Waals surface area contributed by atoms with Crippen LogP contribution in [0.4, 0.5) is 5.69 Å². The summed E-state index contributed by atoms with van der Waals surface area (Å²) in [5.74, 6) is -1.69. The Morgan fingerprint density at radius 2 is 1.97 bits per heavy atom. The van der Waals surface area contributed by atoms with Gasteiger partial charge >= 0.3 is 5.97 Å². The van der Waals surface area contributed by atoms with Gasteiger partial charge in [-0.3, -0.25) is 19.7 Å². The highest BCUT2D eigenvalue weighted by Crippen LogP contribution is 2.52. The van der Waals surface area contributed by atoms with Crippen LogP contribution in [0.1, 0.15) is 37.6 Å². The van der Waals surface area contributed by atoms with Gasteiger partial charge in [-0.15, -0.1) is 11.3 Å². The number of thiophene rings is 1. The molecule has 0 unspecified atom stereocenters. The van der Waals surface area contributed by atoms with Crippen molar-refractivity contribution < 1.29 is 28.6 Å². The number of ether oxygens (including phenoxy) is 3. The predicted octanol–water partition coefficient (Wildman–Crippen LogP) is 3.07. The number of nitrogens with one attached hydrogen (secondary N) is 1. The van der Waals surface area contributed by atoms with Crippen LogP contribution < -0.4 is 19.7 Å². The Hall–Kier alpha value is -2.91. The average Bonchev–Trinajstić information content (AvgIpc) is 3.51. The lowest BCUT2D eigenvalue weighted by Crippen LogP contribution is -2.56. The summed E-state index contributed by atoms with van der Waals surface area (Å²) in [6.45, 7) is 4.74. The molecule has 2 fully saturated rings. The van der Waals surface area contributed by atoms with E-state index in [-0.39, 0.29) is 12.5 Å². The molecule has 1 N–H and O–H groups in total. The number of imide groups is 1. The SMILES string of the molecule is CCC[C@]1(C(=O)OCC)N[C@@H](c2cccs2)[C@H]2C(=O)N(c3ccc4c(c3)OCCO4)C(=O)[C@H]21. The van der Waals surface area contributed by atoms with Crippen LogP contribution in [0.3, 0.4) is 0 Å². The van der Waals surface area contributed by atoms with Crippen LogP contribution in [0.25, 0.3) is 0 Å². The van der Waals surface area contributed by atoms with E-state index in [9.17, 15) is 14.4 Å². The second-order valence-electron chi connectivity index (χ2n) is 8.42. The molecule has 2 aromatic rings. The van der Waals surface area contributed by atoms with Crippen LogP contribution in [0.2, 0.25) is 0 Å². The summed E-state index contributed by atoms with van der Waals surface area (Å²) in [6, 6.07) is 8.43. The number of esters is 1. The number of benzene rings is 1. The molecule has 2 amide bonds. The van der Waals surface area contributed by atoms with Crippen LogP contribution in [0.15, 0.2) is 35.7 Å². The number of fused-ring (bicyclic) bond motifs is 2. The zero-order valence-corrected chi connectivity index (χ0v) is 19.4. The summed E-state index contributed by atoms with van der Waals surface area (Å²) in [4.78, 5) is 43.1. The molecule has 0 spiro atoms. The Morgan fingerprint density at radius 3 is 2.67 bits per heavy atom. The fourth-order valence-corrected chi connectivity index (χ4v) is 6.14. The molecule has 0 aliphatic carbocycles. The van der Waals surface area contributed by atoms with Crippen molar-refractivity contribution in [2.75, 3.05) is 24.7 Å². The summed E-state index contributed by atoms with van der Waals surface area (Å²) in [5, 5.41) is 5.33. The van der Waals surface area contributed by atoms with E-state index in [0.717, 1.165) is 4.88 Å². The van der Waals surface area contributed by atoms with Crippen LogP contribution in [0, 0.1) is 11.8 Å². The first-order valence-corrected chi connectivity index (χ1v) is 12.2. The van der Waals surface area contributed by atoms with Gasteiger partial charge in [-0.1, -0.05) is 19.4 Å². The molecule has 0 saturated carbocycles. The number of hydrogen-bond acceptors (Lipinski definition) is 8. The number of carbonyl (C=O) groups is 3. The summed E-state index contributed by atoms with van der Waals surface area (Å²) in [5.41, 5.74) is -0.845. The van der Waals surface area contributed by atoms with E-state index in [4.69, 9.17) is 14.2 Å². The molecule has 0 bridgehead atoms. The molecule has 3 aliphatic rings. The fourth-order valence-electron chi connectivity index (χ4n) is 5.31. The Balaban J connectivity index is 1.60. The summed E-state index contributed by atoms with van der Waals surface area (Å²) >= 11 is 1.50. The molecular formula is C24H26N2O6S. The van der Waals surface area contributed by atoms with E-state index in [1.807, 2.05) is 24.4 Å². The van der Waals surface area contributed by atoms with Crippen molar-refractivity contribution in [2.24, 2.45) is 11.8 Å². The third-order valence-corrected chi connectivity index (χ3v) is 7.53. The van der Waals surface area contributed by atoms with E-state index in [2.05, 4.69) is 5.32 Å². The molecule has 9 heteroatoms. The Bertz CT molecular complexity index is 1090. The lowest BCUT2D eigenvalue weighted by atomic mass is 9.77. The maximum Gasteiger partial charge on any atom is 0.327 e. The van der Waals surface area contributed by atoms with Gasteiger partial charge in [0.05, 0.1) is 30.2 Å². The van der Waals surface area contributed by atoms with Crippen molar-refractivity contribution in [3.63, 3.8) is 0 Å². The van der Waals surface area contributed by atoms with Crippen LogP contribution in [0.5, 0.6) is 11.5 Å². The van der Waals surface area contributed by atoms with Crippen molar-refractivity contribution in [3.05, 3.63) is 40.6 Å².